The molecule has 2 aromatic carbocycles. The highest BCUT2D eigenvalue weighted by atomic mass is 127. The molecule has 0 aliphatic carbocycles. The van der Waals surface area contributed by atoms with Crippen LogP contribution in [-0.4, -0.2) is 28.1 Å². The van der Waals surface area contributed by atoms with Crippen molar-refractivity contribution < 1.29 is 9.53 Å². The Labute approximate surface area is 197 Å². The zero-order valence-corrected chi connectivity index (χ0v) is 19.9. The lowest BCUT2D eigenvalue weighted by Crippen LogP contribution is -2.56. The van der Waals surface area contributed by atoms with Crippen molar-refractivity contribution in [3.63, 3.8) is 0 Å². The molecule has 0 saturated carbocycles. The van der Waals surface area contributed by atoms with Crippen LogP contribution in [0.15, 0.2) is 48.5 Å². The summed E-state index contributed by atoms with van der Waals surface area (Å²) in [4.78, 5) is 12.4. The Bertz CT molecular complexity index is 814. The van der Waals surface area contributed by atoms with Gasteiger partial charge in [0.2, 0.25) is 9.70 Å². The number of ether oxygens (including phenoxy) is 1. The summed E-state index contributed by atoms with van der Waals surface area (Å²) in [7, 11) is 1.58. The molecule has 1 atom stereocenters. The van der Waals surface area contributed by atoms with E-state index < -0.39 is 9.96 Å². The maximum atomic E-state index is 12.4. The molecule has 1 amide bonds. The number of amides is 1. The van der Waals surface area contributed by atoms with Crippen LogP contribution in [0.3, 0.4) is 0 Å². The van der Waals surface area contributed by atoms with Crippen molar-refractivity contribution in [1.82, 2.24) is 10.6 Å². The summed E-state index contributed by atoms with van der Waals surface area (Å²) >= 11 is 25.5. The minimum Gasteiger partial charge on any atom is -0.497 e. The second kappa shape index (κ2) is 10.7. The van der Waals surface area contributed by atoms with Crippen molar-refractivity contribution in [2.24, 2.45) is 0 Å². The highest BCUT2D eigenvalue weighted by Gasteiger charge is 2.34. The molecule has 0 fully saturated rings. The Morgan fingerprint density at radius 3 is 2.25 bits per heavy atom. The predicted octanol–water partition coefficient (Wildman–Crippen LogP) is 4.64. The number of halogens is 4. The van der Waals surface area contributed by atoms with E-state index in [1.165, 1.54) is 0 Å². The fourth-order valence-corrected chi connectivity index (χ4v) is 3.09. The summed E-state index contributed by atoms with van der Waals surface area (Å²) < 4.78 is 4.38. The van der Waals surface area contributed by atoms with Crippen molar-refractivity contribution >= 4 is 86.3 Å². The van der Waals surface area contributed by atoms with Crippen molar-refractivity contribution in [1.29, 1.82) is 0 Å². The fraction of sp³-hybridized carbons (Fsp3) is 0.222. The molecular formula is C18H17Cl3IN3O2S. The molecule has 1 unspecified atom stereocenters. The average Bonchev–Trinajstić information content (AvgIpc) is 2.63. The third-order valence-electron chi connectivity index (χ3n) is 3.53. The zero-order valence-electron chi connectivity index (χ0n) is 14.6. The van der Waals surface area contributed by atoms with Gasteiger partial charge in [0.1, 0.15) is 11.9 Å². The Hall–Kier alpha value is -1.000. The van der Waals surface area contributed by atoms with E-state index in [0.717, 1.165) is 14.8 Å². The summed E-state index contributed by atoms with van der Waals surface area (Å²) in [5.74, 6) is 0.378. The van der Waals surface area contributed by atoms with Crippen LogP contribution in [0.5, 0.6) is 5.75 Å². The van der Waals surface area contributed by atoms with Gasteiger partial charge in [0.15, 0.2) is 5.11 Å². The molecule has 0 radical (unpaired) electrons. The van der Waals surface area contributed by atoms with Crippen molar-refractivity contribution in [2.75, 3.05) is 12.4 Å². The van der Waals surface area contributed by atoms with E-state index in [4.69, 9.17) is 51.8 Å². The third kappa shape index (κ3) is 7.79. The summed E-state index contributed by atoms with van der Waals surface area (Å²) in [5.41, 5.74) is 1.56. The van der Waals surface area contributed by atoms with E-state index in [9.17, 15) is 4.79 Å². The van der Waals surface area contributed by atoms with Gasteiger partial charge in [0, 0.05) is 9.26 Å². The van der Waals surface area contributed by atoms with Crippen LogP contribution in [0, 0.1) is 3.57 Å². The van der Waals surface area contributed by atoms with Crippen LogP contribution in [0.4, 0.5) is 5.69 Å². The molecular weight excluding hydrogens is 556 g/mol. The van der Waals surface area contributed by atoms with Crippen molar-refractivity contribution in [3.8, 4) is 5.75 Å². The molecule has 2 aromatic rings. The monoisotopic (exact) mass is 571 g/mol. The third-order valence-corrected chi connectivity index (χ3v) is 5.13. The van der Waals surface area contributed by atoms with E-state index >= 15 is 0 Å². The van der Waals surface area contributed by atoms with E-state index in [2.05, 4.69) is 38.5 Å². The first-order valence-corrected chi connectivity index (χ1v) is 10.6. The number of hydrogen-bond donors (Lipinski definition) is 3. The number of nitrogens with one attached hydrogen (secondary N) is 3. The van der Waals surface area contributed by atoms with E-state index in [1.807, 2.05) is 24.3 Å². The Morgan fingerprint density at radius 2 is 1.71 bits per heavy atom. The summed E-state index contributed by atoms with van der Waals surface area (Å²) in [6, 6.07) is 14.7. The highest BCUT2D eigenvalue weighted by molar-refractivity contribution is 14.1. The summed E-state index contributed by atoms with van der Waals surface area (Å²) in [6.45, 7) is 0. The minimum atomic E-state index is -1.81. The first kappa shape index (κ1) is 23.3. The number of thiocarbonyl (C=S) groups is 1. The number of rotatable bonds is 6. The van der Waals surface area contributed by atoms with Gasteiger partial charge in [-0.3, -0.25) is 4.79 Å². The number of carbonyl (C=O) groups is 1. The standard InChI is InChI=1S/C18H17Cl3IN3O2S/c1-27-14-8-2-11(3-9-14)10-15(26)24-16(18(19,20)21)25-17(28)23-13-6-4-12(22)5-7-13/h2-9,16H,10H2,1H3,(H,24,26)(H2,23,25,28). The van der Waals surface area contributed by atoms with Gasteiger partial charge in [-0.25, -0.2) is 0 Å². The largest absolute Gasteiger partial charge is 0.497 e. The van der Waals surface area contributed by atoms with Crippen molar-refractivity contribution in [3.05, 3.63) is 57.7 Å². The normalized spacial score (nSPS) is 12.0. The van der Waals surface area contributed by atoms with Crippen LogP contribution in [0.2, 0.25) is 0 Å². The lowest BCUT2D eigenvalue weighted by Gasteiger charge is -2.27. The quantitative estimate of drug-likeness (QED) is 0.204. The average molecular weight is 573 g/mol. The fourth-order valence-electron chi connectivity index (χ4n) is 2.17. The van der Waals surface area contributed by atoms with Crippen LogP contribution in [0.1, 0.15) is 5.56 Å². The van der Waals surface area contributed by atoms with Gasteiger partial charge >= 0.3 is 0 Å². The maximum Gasteiger partial charge on any atom is 0.228 e. The second-order valence-electron chi connectivity index (χ2n) is 5.67. The van der Waals surface area contributed by atoms with Crippen molar-refractivity contribution in [2.45, 2.75) is 16.4 Å². The summed E-state index contributed by atoms with van der Waals surface area (Å²) in [5, 5.41) is 8.67. The molecule has 0 bridgehead atoms. The number of methoxy groups -OCH3 is 1. The smallest absolute Gasteiger partial charge is 0.228 e. The second-order valence-corrected chi connectivity index (χ2v) is 9.70. The summed E-state index contributed by atoms with van der Waals surface area (Å²) in [6.07, 6.45) is -0.910. The Balaban J connectivity index is 1.97. The minimum absolute atomic E-state index is 0.111. The van der Waals surface area contributed by atoms with Gasteiger partial charge in [-0.15, -0.1) is 0 Å². The van der Waals surface area contributed by atoms with Crippen LogP contribution in [-0.2, 0) is 11.2 Å². The van der Waals surface area contributed by atoms with Gasteiger partial charge < -0.3 is 20.7 Å². The molecule has 10 heteroatoms. The van der Waals surface area contributed by atoms with Crippen LogP contribution in [0.25, 0.3) is 0 Å². The molecule has 0 spiro atoms. The molecule has 0 saturated heterocycles. The van der Waals surface area contributed by atoms with Crippen LogP contribution >= 0.6 is 69.6 Å². The number of benzene rings is 2. The van der Waals surface area contributed by atoms with Crippen LogP contribution < -0.4 is 20.7 Å². The molecule has 0 aliphatic rings. The number of anilines is 1. The predicted molar refractivity (Wildman–Crippen MR) is 127 cm³/mol. The number of hydrogen-bond acceptors (Lipinski definition) is 3. The Kier molecular flexibility index (Phi) is 8.88. The topological polar surface area (TPSA) is 62.4 Å². The molecule has 0 aromatic heterocycles. The molecule has 5 nitrogen and oxygen atoms in total. The van der Waals surface area contributed by atoms with E-state index in [-0.39, 0.29) is 17.4 Å². The molecule has 150 valence electrons. The molecule has 3 N–H and O–H groups in total. The number of carbonyl (C=O) groups excluding carboxylic acids is 1. The molecule has 2 rings (SSSR count). The highest BCUT2D eigenvalue weighted by Crippen LogP contribution is 2.29. The first-order valence-electron chi connectivity index (χ1n) is 7.99. The van der Waals surface area contributed by atoms with E-state index in [0.29, 0.717) is 5.75 Å². The molecule has 0 heterocycles. The first-order chi connectivity index (χ1) is 13.2. The lowest BCUT2D eigenvalue weighted by molar-refractivity contribution is -0.121. The van der Waals surface area contributed by atoms with Gasteiger partial charge in [0.05, 0.1) is 13.5 Å². The van der Waals surface area contributed by atoms with Gasteiger partial charge in [-0.1, -0.05) is 46.9 Å². The maximum absolute atomic E-state index is 12.4. The van der Waals surface area contributed by atoms with Gasteiger partial charge in [-0.2, -0.15) is 0 Å². The zero-order chi connectivity index (χ0) is 20.7. The Morgan fingerprint density at radius 1 is 1.11 bits per heavy atom. The molecule has 28 heavy (non-hydrogen) atoms. The molecule has 0 aliphatic heterocycles. The van der Waals surface area contributed by atoms with E-state index in [1.54, 1.807) is 31.4 Å². The SMILES string of the molecule is COc1ccc(CC(=O)NC(NC(=S)Nc2ccc(I)cc2)C(Cl)(Cl)Cl)cc1. The van der Waals surface area contributed by atoms with Gasteiger partial charge in [-0.05, 0) is 76.8 Å². The number of alkyl halides is 3. The lowest BCUT2D eigenvalue weighted by atomic mass is 10.1. The van der Waals surface area contributed by atoms with Gasteiger partial charge in [0.25, 0.3) is 0 Å².